The molecule has 0 aromatic heterocycles. The van der Waals surface area contributed by atoms with Crippen molar-refractivity contribution in [3.8, 4) is 11.5 Å². The average molecular weight is 501 g/mol. The molecule has 3 aromatic carbocycles. The van der Waals surface area contributed by atoms with Crippen molar-refractivity contribution in [2.24, 2.45) is 0 Å². The first-order chi connectivity index (χ1) is 17.9. The van der Waals surface area contributed by atoms with Crippen LogP contribution in [0.15, 0.2) is 66.7 Å². The molecule has 7 nitrogen and oxygen atoms in total. The van der Waals surface area contributed by atoms with E-state index in [0.717, 1.165) is 49.4 Å². The Morgan fingerprint density at radius 3 is 2.43 bits per heavy atom. The molecule has 4 rings (SSSR count). The topological polar surface area (TPSA) is 101 Å². The quantitative estimate of drug-likeness (QED) is 0.282. The molecule has 1 saturated heterocycles. The predicted octanol–water partition coefficient (Wildman–Crippen LogP) is 5.05. The third kappa shape index (κ3) is 6.49. The molecule has 4 N–H and O–H groups in total. The number of anilines is 1. The van der Waals surface area contributed by atoms with Crippen LogP contribution in [-0.4, -0.2) is 49.9 Å². The second-order valence-electron chi connectivity index (χ2n) is 9.53. The molecule has 7 heteroatoms. The van der Waals surface area contributed by atoms with Gasteiger partial charge in [0, 0.05) is 35.5 Å². The standard InChI is InChI=1S/C30H36N4O3/c1-4-28(21-6-5-7-25(18-21)36-3)33-30(35)22-10-13-27(31)26(19-22)29(32)20-8-11-23(12-9-20)37-24-14-16-34(2)17-15-24/h5-13,18-19,24,28,32H,4,14-17,31H2,1-3H3,(H,33,35). The number of hydrogen-bond donors (Lipinski definition) is 3. The first-order valence-electron chi connectivity index (χ1n) is 12.8. The van der Waals surface area contributed by atoms with Crippen LogP contribution in [0.5, 0.6) is 11.5 Å². The number of nitrogens with zero attached hydrogens (tertiary/aromatic N) is 1. The molecule has 1 aliphatic rings. The number of benzene rings is 3. The zero-order valence-corrected chi connectivity index (χ0v) is 21.8. The van der Waals surface area contributed by atoms with E-state index in [0.29, 0.717) is 22.4 Å². The summed E-state index contributed by atoms with van der Waals surface area (Å²) in [4.78, 5) is 15.5. The van der Waals surface area contributed by atoms with Gasteiger partial charge < -0.3 is 25.4 Å². The minimum atomic E-state index is -0.217. The van der Waals surface area contributed by atoms with E-state index >= 15 is 0 Å². The molecule has 3 aromatic rings. The van der Waals surface area contributed by atoms with E-state index in [2.05, 4.69) is 17.3 Å². The van der Waals surface area contributed by atoms with Crippen molar-refractivity contribution in [2.75, 3.05) is 33.0 Å². The Hall–Kier alpha value is -3.84. The smallest absolute Gasteiger partial charge is 0.251 e. The SMILES string of the molecule is CCC(NC(=O)c1ccc(N)c(C(=N)c2ccc(OC3CCN(C)CC3)cc2)c1)c1cccc(OC)c1. The Balaban J connectivity index is 1.46. The van der Waals surface area contributed by atoms with Gasteiger partial charge in [0.15, 0.2) is 0 Å². The number of nitrogens with two attached hydrogens (primary N) is 1. The van der Waals surface area contributed by atoms with Crippen LogP contribution in [0.25, 0.3) is 0 Å². The van der Waals surface area contributed by atoms with Crippen molar-refractivity contribution in [1.82, 2.24) is 10.2 Å². The minimum Gasteiger partial charge on any atom is -0.497 e. The van der Waals surface area contributed by atoms with Crippen molar-refractivity contribution < 1.29 is 14.3 Å². The normalized spacial score (nSPS) is 15.1. The number of ether oxygens (including phenoxy) is 2. The summed E-state index contributed by atoms with van der Waals surface area (Å²) in [6.07, 6.45) is 2.96. The van der Waals surface area contributed by atoms with Gasteiger partial charge >= 0.3 is 0 Å². The Kier molecular flexibility index (Phi) is 8.46. The van der Waals surface area contributed by atoms with Gasteiger partial charge in [0.1, 0.15) is 17.6 Å². The van der Waals surface area contributed by atoms with Crippen LogP contribution in [0.4, 0.5) is 5.69 Å². The largest absolute Gasteiger partial charge is 0.497 e. The fourth-order valence-electron chi connectivity index (χ4n) is 4.59. The molecule has 1 heterocycles. The summed E-state index contributed by atoms with van der Waals surface area (Å²) in [7, 11) is 3.75. The van der Waals surface area contributed by atoms with Gasteiger partial charge in [0.25, 0.3) is 5.91 Å². The molecule has 1 unspecified atom stereocenters. The third-order valence-corrected chi connectivity index (χ3v) is 6.91. The monoisotopic (exact) mass is 500 g/mol. The van der Waals surface area contributed by atoms with E-state index in [4.69, 9.17) is 20.6 Å². The van der Waals surface area contributed by atoms with Crippen molar-refractivity contribution in [3.05, 3.63) is 89.0 Å². The first kappa shape index (κ1) is 26.2. The van der Waals surface area contributed by atoms with E-state index in [1.54, 1.807) is 25.3 Å². The van der Waals surface area contributed by atoms with E-state index < -0.39 is 0 Å². The van der Waals surface area contributed by atoms with E-state index in [-0.39, 0.29) is 23.8 Å². The van der Waals surface area contributed by atoms with Gasteiger partial charge in [-0.05, 0) is 86.5 Å². The van der Waals surface area contributed by atoms with Crippen molar-refractivity contribution in [2.45, 2.75) is 38.3 Å². The molecular formula is C30H36N4O3. The number of nitrogens with one attached hydrogen (secondary N) is 2. The zero-order valence-electron chi connectivity index (χ0n) is 21.8. The van der Waals surface area contributed by atoms with Gasteiger partial charge in [-0.25, -0.2) is 0 Å². The van der Waals surface area contributed by atoms with E-state index in [1.165, 1.54) is 0 Å². The maximum absolute atomic E-state index is 13.1. The molecule has 1 fully saturated rings. The molecule has 0 saturated carbocycles. The highest BCUT2D eigenvalue weighted by molar-refractivity contribution is 6.14. The highest BCUT2D eigenvalue weighted by Crippen LogP contribution is 2.25. The van der Waals surface area contributed by atoms with Gasteiger partial charge in [-0.15, -0.1) is 0 Å². The fourth-order valence-corrected chi connectivity index (χ4v) is 4.59. The highest BCUT2D eigenvalue weighted by Gasteiger charge is 2.19. The number of hydrogen-bond acceptors (Lipinski definition) is 6. The van der Waals surface area contributed by atoms with Crippen LogP contribution in [0.3, 0.4) is 0 Å². The van der Waals surface area contributed by atoms with Gasteiger partial charge in [0.05, 0.1) is 18.9 Å². The average Bonchev–Trinajstić information content (AvgIpc) is 2.93. The summed E-state index contributed by atoms with van der Waals surface area (Å²) in [5.41, 5.74) is 9.60. The van der Waals surface area contributed by atoms with Crippen LogP contribution < -0.4 is 20.5 Å². The molecule has 37 heavy (non-hydrogen) atoms. The maximum atomic E-state index is 13.1. The van der Waals surface area contributed by atoms with Crippen LogP contribution in [0.2, 0.25) is 0 Å². The lowest BCUT2D eigenvalue weighted by molar-refractivity contribution is 0.0935. The number of nitrogen functional groups attached to an aromatic ring is 1. The summed E-state index contributed by atoms with van der Waals surface area (Å²) in [6.45, 7) is 4.10. The Labute approximate surface area is 219 Å². The molecule has 0 radical (unpaired) electrons. The number of amides is 1. The number of methoxy groups -OCH3 is 1. The number of rotatable bonds is 9. The lowest BCUT2D eigenvalue weighted by Gasteiger charge is -2.29. The molecular weight excluding hydrogens is 464 g/mol. The Morgan fingerprint density at radius 1 is 1.05 bits per heavy atom. The molecule has 1 atom stereocenters. The molecule has 0 bridgehead atoms. The predicted molar refractivity (Wildman–Crippen MR) is 148 cm³/mol. The summed E-state index contributed by atoms with van der Waals surface area (Å²) in [5.74, 6) is 1.33. The van der Waals surface area contributed by atoms with E-state index in [1.807, 2.05) is 55.5 Å². The Bertz CT molecular complexity index is 1230. The van der Waals surface area contributed by atoms with Crippen LogP contribution >= 0.6 is 0 Å². The minimum absolute atomic E-state index is 0.167. The van der Waals surface area contributed by atoms with Crippen LogP contribution in [-0.2, 0) is 0 Å². The summed E-state index contributed by atoms with van der Waals surface area (Å²) in [5, 5.41) is 11.9. The summed E-state index contributed by atoms with van der Waals surface area (Å²) < 4.78 is 11.5. The van der Waals surface area contributed by atoms with Crippen molar-refractivity contribution in [3.63, 3.8) is 0 Å². The second-order valence-corrected chi connectivity index (χ2v) is 9.53. The van der Waals surface area contributed by atoms with E-state index in [9.17, 15) is 4.79 Å². The highest BCUT2D eigenvalue weighted by atomic mass is 16.5. The van der Waals surface area contributed by atoms with Crippen molar-refractivity contribution >= 4 is 17.3 Å². The van der Waals surface area contributed by atoms with Crippen molar-refractivity contribution in [1.29, 1.82) is 5.41 Å². The summed E-state index contributed by atoms with van der Waals surface area (Å²) in [6, 6.07) is 20.1. The molecule has 1 aliphatic heterocycles. The zero-order chi connectivity index (χ0) is 26.4. The van der Waals surface area contributed by atoms with Gasteiger partial charge in [-0.1, -0.05) is 19.1 Å². The fraction of sp³-hybridized carbons (Fsp3) is 0.333. The molecule has 1 amide bonds. The Morgan fingerprint density at radius 2 is 1.76 bits per heavy atom. The lowest BCUT2D eigenvalue weighted by atomic mass is 9.98. The molecule has 0 spiro atoms. The number of carbonyl (C=O) groups is 1. The summed E-state index contributed by atoms with van der Waals surface area (Å²) >= 11 is 0. The third-order valence-electron chi connectivity index (χ3n) is 6.91. The van der Waals surface area contributed by atoms with Crippen LogP contribution in [0, 0.1) is 5.41 Å². The van der Waals surface area contributed by atoms with Gasteiger partial charge in [-0.3, -0.25) is 10.2 Å². The molecule has 194 valence electrons. The molecule has 0 aliphatic carbocycles. The second kappa shape index (κ2) is 11.9. The van der Waals surface area contributed by atoms with Crippen LogP contribution in [0.1, 0.15) is 59.3 Å². The van der Waals surface area contributed by atoms with Gasteiger partial charge in [0.2, 0.25) is 0 Å². The number of likely N-dealkylation sites (tertiary alicyclic amines) is 1. The lowest BCUT2D eigenvalue weighted by Crippen LogP contribution is -2.35. The maximum Gasteiger partial charge on any atom is 0.251 e. The number of piperidine rings is 1. The number of carbonyl (C=O) groups excluding carboxylic acids is 1. The van der Waals surface area contributed by atoms with Gasteiger partial charge in [-0.2, -0.15) is 0 Å². The first-order valence-corrected chi connectivity index (χ1v) is 12.8.